The van der Waals surface area contributed by atoms with Crippen molar-refractivity contribution in [3.8, 4) is 0 Å². The summed E-state index contributed by atoms with van der Waals surface area (Å²) < 4.78 is 32.5. The number of esters is 2. The smallest absolute Gasteiger partial charge is 0.458 e. The van der Waals surface area contributed by atoms with E-state index in [4.69, 9.17) is 24.3 Å². The van der Waals surface area contributed by atoms with Gasteiger partial charge in [0.15, 0.2) is 6.10 Å². The molecule has 0 aromatic carbocycles. The van der Waals surface area contributed by atoms with Crippen molar-refractivity contribution in [2.24, 2.45) is 5.73 Å². The molecule has 0 rings (SSSR count). The first-order chi connectivity index (χ1) is 24.8. The van der Waals surface area contributed by atoms with Gasteiger partial charge in [-0.1, -0.05) is 166 Å². The molecule has 3 N–H and O–H groups in total. The Morgan fingerprint density at radius 2 is 1.12 bits per heavy atom. The first-order valence-electron chi connectivity index (χ1n) is 20.5. The van der Waals surface area contributed by atoms with Crippen LogP contribution < -0.4 is 5.73 Å². The number of ether oxygens (including phenoxy) is 2. The Morgan fingerprint density at radius 3 is 1.67 bits per heavy atom. The zero-order chi connectivity index (χ0) is 37.5. The predicted molar refractivity (Wildman–Crippen MR) is 210 cm³/mol. The van der Waals surface area contributed by atoms with Gasteiger partial charge in [0.1, 0.15) is 6.61 Å². The number of hydrogen-bond acceptors (Lipinski definition) is 8. The molecular weight excluding hydrogens is 665 g/mol. The number of phosphoric ester groups is 1. The summed E-state index contributed by atoms with van der Waals surface area (Å²) in [5.74, 6) is -1.08. The van der Waals surface area contributed by atoms with Crippen molar-refractivity contribution in [3.63, 3.8) is 0 Å². The van der Waals surface area contributed by atoms with Gasteiger partial charge in [-0.3, -0.25) is 13.8 Å². The highest BCUT2D eigenvalue weighted by molar-refractivity contribution is 7.47. The molecule has 0 saturated carbocycles. The normalized spacial score (nSPS) is 13.7. The summed E-state index contributed by atoms with van der Waals surface area (Å²) in [5.41, 5.74) is 5.33. The zero-order valence-corrected chi connectivity index (χ0v) is 33.5. The lowest BCUT2D eigenvalue weighted by atomic mass is 10.1. The molecule has 0 spiro atoms. The first-order valence-corrected chi connectivity index (χ1v) is 22.0. The molecule has 298 valence electrons. The largest absolute Gasteiger partial charge is 0.472 e. The molecule has 51 heavy (non-hydrogen) atoms. The predicted octanol–water partition coefficient (Wildman–Crippen LogP) is 11.4. The second-order valence-electron chi connectivity index (χ2n) is 13.6. The van der Waals surface area contributed by atoms with Gasteiger partial charge in [0, 0.05) is 19.0 Å². The first kappa shape index (κ1) is 49.2. The molecule has 0 fully saturated rings. The molecule has 0 aliphatic rings. The number of allylic oxidation sites excluding steroid dienone is 5. The maximum absolute atomic E-state index is 12.5. The van der Waals surface area contributed by atoms with Gasteiger partial charge < -0.3 is 20.1 Å². The molecule has 2 atom stereocenters. The van der Waals surface area contributed by atoms with Crippen LogP contribution >= 0.6 is 7.82 Å². The highest BCUT2D eigenvalue weighted by atomic mass is 31.2. The Morgan fingerprint density at radius 1 is 0.627 bits per heavy atom. The van der Waals surface area contributed by atoms with Crippen LogP contribution in [-0.2, 0) is 32.7 Å². The molecular formula is C41H76NO8P. The van der Waals surface area contributed by atoms with Crippen LogP contribution in [-0.4, -0.2) is 49.3 Å². The minimum Gasteiger partial charge on any atom is -0.458 e. The van der Waals surface area contributed by atoms with Crippen LogP contribution in [0.3, 0.4) is 0 Å². The highest BCUT2D eigenvalue weighted by Gasteiger charge is 2.25. The molecule has 0 aromatic rings. The van der Waals surface area contributed by atoms with E-state index >= 15 is 0 Å². The number of carbonyl (C=O) groups is 2. The van der Waals surface area contributed by atoms with E-state index in [2.05, 4.69) is 26.0 Å². The summed E-state index contributed by atoms with van der Waals surface area (Å²) in [7, 11) is -4.39. The summed E-state index contributed by atoms with van der Waals surface area (Å²) in [4.78, 5) is 34.6. The van der Waals surface area contributed by atoms with E-state index in [0.717, 1.165) is 32.1 Å². The number of phosphoric acid groups is 1. The van der Waals surface area contributed by atoms with E-state index in [-0.39, 0.29) is 26.2 Å². The van der Waals surface area contributed by atoms with Crippen LogP contribution in [0, 0.1) is 0 Å². The van der Waals surface area contributed by atoms with Crippen LogP contribution in [0.4, 0.5) is 0 Å². The summed E-state index contributed by atoms with van der Waals surface area (Å²) in [6, 6.07) is 0. The maximum atomic E-state index is 12.5. The van der Waals surface area contributed by atoms with Crippen molar-refractivity contribution < 1.29 is 37.6 Å². The van der Waals surface area contributed by atoms with Crippen molar-refractivity contribution in [2.75, 3.05) is 26.4 Å². The number of unbranched alkanes of at least 4 members (excludes halogenated alkanes) is 22. The van der Waals surface area contributed by atoms with Crippen LogP contribution in [0.2, 0.25) is 0 Å². The lowest BCUT2D eigenvalue weighted by Crippen LogP contribution is -2.29. The Hall–Kier alpha value is -1.77. The molecule has 1 unspecified atom stereocenters. The Kier molecular flexibility index (Phi) is 36.7. The Labute approximate surface area is 312 Å². The summed E-state index contributed by atoms with van der Waals surface area (Å²) in [6.07, 6.45) is 40.9. The fourth-order valence-corrected chi connectivity index (χ4v) is 6.29. The number of nitrogens with two attached hydrogens (primary N) is 1. The number of carbonyl (C=O) groups excluding carboxylic acids is 2. The van der Waals surface area contributed by atoms with E-state index in [0.29, 0.717) is 6.42 Å². The van der Waals surface area contributed by atoms with Crippen molar-refractivity contribution in [3.05, 3.63) is 36.5 Å². The van der Waals surface area contributed by atoms with E-state index in [1.807, 2.05) is 12.2 Å². The van der Waals surface area contributed by atoms with Gasteiger partial charge in [0.25, 0.3) is 0 Å². The average molecular weight is 742 g/mol. The quantitative estimate of drug-likeness (QED) is 0.0158. The second-order valence-corrected chi connectivity index (χ2v) is 15.0. The highest BCUT2D eigenvalue weighted by Crippen LogP contribution is 2.43. The van der Waals surface area contributed by atoms with Crippen molar-refractivity contribution in [2.45, 2.75) is 187 Å². The molecule has 0 aliphatic carbocycles. The standard InChI is InChI=1S/C41H76NO8P/c1-3-5-7-9-11-13-15-17-19-21-23-25-27-29-31-33-40(43)47-37-39(38-49-51(45,46)48-36-35-42)50-41(44)34-32-30-28-26-24-22-20-18-16-14-12-10-8-6-4-2/h10,12,27,29,31,33,39H,3-9,11,13-26,28,30,32,34-38,42H2,1-2H3,(H,45,46)/b12-10+,29-27+,33-31+/t39-/m1/s1. The summed E-state index contributed by atoms with van der Waals surface area (Å²) >= 11 is 0. The Balaban J connectivity index is 4.28. The minimum absolute atomic E-state index is 0.0428. The van der Waals surface area contributed by atoms with Crippen LogP contribution in [0.5, 0.6) is 0 Å². The zero-order valence-electron chi connectivity index (χ0n) is 32.6. The third-order valence-corrected chi connectivity index (χ3v) is 9.59. The molecule has 0 radical (unpaired) electrons. The van der Waals surface area contributed by atoms with Gasteiger partial charge >= 0.3 is 19.8 Å². The third-order valence-electron chi connectivity index (χ3n) is 8.60. The lowest BCUT2D eigenvalue weighted by molar-refractivity contribution is -0.159. The van der Waals surface area contributed by atoms with Gasteiger partial charge in [-0.05, 0) is 38.5 Å². The van der Waals surface area contributed by atoms with Gasteiger partial charge in [0.05, 0.1) is 13.2 Å². The fourth-order valence-electron chi connectivity index (χ4n) is 5.53. The number of rotatable bonds is 38. The molecule has 0 amide bonds. The van der Waals surface area contributed by atoms with Crippen LogP contribution in [0.1, 0.15) is 181 Å². The van der Waals surface area contributed by atoms with Crippen molar-refractivity contribution in [1.82, 2.24) is 0 Å². The van der Waals surface area contributed by atoms with E-state index in [1.54, 1.807) is 6.08 Å². The molecule has 0 aliphatic heterocycles. The van der Waals surface area contributed by atoms with Crippen molar-refractivity contribution >= 4 is 19.8 Å². The summed E-state index contributed by atoms with van der Waals surface area (Å²) in [5, 5.41) is 0. The minimum atomic E-state index is -4.39. The molecule has 0 heterocycles. The van der Waals surface area contributed by atoms with Gasteiger partial charge in [-0.25, -0.2) is 9.36 Å². The average Bonchev–Trinajstić information content (AvgIpc) is 3.11. The topological polar surface area (TPSA) is 134 Å². The van der Waals surface area contributed by atoms with Gasteiger partial charge in [-0.15, -0.1) is 0 Å². The number of hydrogen-bond donors (Lipinski definition) is 2. The molecule has 0 bridgehead atoms. The molecule has 0 aromatic heterocycles. The van der Waals surface area contributed by atoms with E-state index in [1.165, 1.54) is 128 Å². The molecule has 0 saturated heterocycles. The van der Waals surface area contributed by atoms with Crippen molar-refractivity contribution in [1.29, 1.82) is 0 Å². The van der Waals surface area contributed by atoms with E-state index < -0.39 is 32.5 Å². The molecule has 10 heteroatoms. The molecule has 9 nitrogen and oxygen atoms in total. The maximum Gasteiger partial charge on any atom is 0.472 e. The monoisotopic (exact) mass is 742 g/mol. The van der Waals surface area contributed by atoms with Crippen LogP contribution in [0.15, 0.2) is 36.5 Å². The van der Waals surface area contributed by atoms with E-state index in [9.17, 15) is 19.0 Å². The summed E-state index contributed by atoms with van der Waals surface area (Å²) in [6.45, 7) is 3.57. The SMILES string of the molecule is CCCC/C=C/CCCCCCCCCCCC(=O)O[C@H](COC(=O)/C=C/C=C/CCCCCCCCCCCCC)COP(=O)(O)OCCN. The Bertz CT molecular complexity index is 939. The van der Waals surface area contributed by atoms with Crippen LogP contribution in [0.25, 0.3) is 0 Å². The van der Waals surface area contributed by atoms with Gasteiger partial charge in [0.2, 0.25) is 0 Å². The second kappa shape index (κ2) is 38.0. The lowest BCUT2D eigenvalue weighted by Gasteiger charge is -2.19. The third kappa shape index (κ3) is 37.8. The fraction of sp³-hybridized carbons (Fsp3) is 0.805. The van der Waals surface area contributed by atoms with Gasteiger partial charge in [-0.2, -0.15) is 0 Å².